The third-order valence-corrected chi connectivity index (χ3v) is 5.99. The highest BCUT2D eigenvalue weighted by Crippen LogP contribution is 2.47. The fraction of sp³-hybridized carbons (Fsp3) is 0.458. The van der Waals surface area contributed by atoms with Gasteiger partial charge in [-0.25, -0.2) is 4.79 Å². The van der Waals surface area contributed by atoms with E-state index in [4.69, 9.17) is 4.74 Å². The molecule has 0 saturated heterocycles. The van der Waals surface area contributed by atoms with Crippen LogP contribution in [0.15, 0.2) is 48.5 Å². The molecule has 1 aliphatic rings. The van der Waals surface area contributed by atoms with Gasteiger partial charge in [-0.05, 0) is 37.5 Å². The van der Waals surface area contributed by atoms with E-state index in [0.29, 0.717) is 5.56 Å². The van der Waals surface area contributed by atoms with Crippen molar-refractivity contribution < 1.29 is 19.4 Å². The van der Waals surface area contributed by atoms with Crippen LogP contribution in [0.3, 0.4) is 0 Å². The van der Waals surface area contributed by atoms with Crippen molar-refractivity contribution in [2.45, 2.75) is 45.1 Å². The Balaban J connectivity index is 1.96. The minimum atomic E-state index is -0.471. The highest BCUT2D eigenvalue weighted by atomic mass is 16.6. The first-order valence-corrected chi connectivity index (χ1v) is 10.6. The monoisotopic (exact) mass is 411 g/mol. The van der Waals surface area contributed by atoms with E-state index in [1.165, 1.54) is 35.6 Å². The summed E-state index contributed by atoms with van der Waals surface area (Å²) in [6.07, 6.45) is 5.15. The summed E-state index contributed by atoms with van der Waals surface area (Å²) in [4.78, 5) is 24.8. The van der Waals surface area contributed by atoms with Gasteiger partial charge in [-0.15, -0.1) is 0 Å². The van der Waals surface area contributed by atoms with Crippen LogP contribution >= 0.6 is 0 Å². The van der Waals surface area contributed by atoms with Crippen molar-refractivity contribution in [2.24, 2.45) is 5.41 Å². The maximum absolute atomic E-state index is 13.1. The number of rotatable bonds is 7. The largest absolute Gasteiger partial charge is 0.453 e. The number of benzene rings is 2. The standard InChI is InChI=1S/C24H30N2O4/c1-18-8-7-9-20(16-18)22(24(17-25(2)3)14-5-4-6-15-24)30-23(27)19-10-12-21(13-11-19)26(28)29/h7-13,16,22H,4-6,14-15,17H2,1-3H3/p+1. The Bertz CT molecular complexity index is 886. The lowest BCUT2D eigenvalue weighted by molar-refractivity contribution is -0.867. The predicted molar refractivity (Wildman–Crippen MR) is 116 cm³/mol. The van der Waals surface area contributed by atoms with Crippen LogP contribution in [-0.4, -0.2) is 31.5 Å². The lowest BCUT2D eigenvalue weighted by Crippen LogP contribution is -3.07. The minimum absolute atomic E-state index is 0.0401. The summed E-state index contributed by atoms with van der Waals surface area (Å²) in [5.41, 5.74) is 2.32. The van der Waals surface area contributed by atoms with E-state index in [1.54, 1.807) is 0 Å². The Morgan fingerprint density at radius 3 is 2.37 bits per heavy atom. The van der Waals surface area contributed by atoms with E-state index < -0.39 is 10.9 Å². The molecule has 6 nitrogen and oxygen atoms in total. The molecule has 0 amide bonds. The molecule has 160 valence electrons. The first kappa shape index (κ1) is 22.0. The molecule has 1 atom stereocenters. The van der Waals surface area contributed by atoms with Gasteiger partial charge in [0.1, 0.15) is 6.10 Å². The van der Waals surface area contributed by atoms with Crippen molar-refractivity contribution in [3.63, 3.8) is 0 Å². The fourth-order valence-electron chi connectivity index (χ4n) is 4.77. The molecule has 0 aliphatic heterocycles. The topological polar surface area (TPSA) is 73.9 Å². The van der Waals surface area contributed by atoms with E-state index in [9.17, 15) is 14.9 Å². The van der Waals surface area contributed by atoms with Gasteiger partial charge in [-0.1, -0.05) is 49.1 Å². The quantitative estimate of drug-likeness (QED) is 0.426. The zero-order valence-electron chi connectivity index (χ0n) is 18.0. The predicted octanol–water partition coefficient (Wildman–Crippen LogP) is 3.90. The maximum Gasteiger partial charge on any atom is 0.338 e. The number of quaternary nitrogens is 1. The zero-order chi connectivity index (χ0) is 21.7. The molecule has 1 N–H and O–H groups in total. The van der Waals surface area contributed by atoms with E-state index in [1.807, 2.05) is 25.1 Å². The molecule has 1 unspecified atom stereocenters. The third kappa shape index (κ3) is 5.05. The Morgan fingerprint density at radius 2 is 1.80 bits per heavy atom. The smallest absolute Gasteiger partial charge is 0.338 e. The van der Waals surface area contributed by atoms with Crippen LogP contribution < -0.4 is 4.90 Å². The van der Waals surface area contributed by atoms with Crippen LogP contribution in [0.2, 0.25) is 0 Å². The average molecular weight is 412 g/mol. The van der Waals surface area contributed by atoms with Crippen LogP contribution in [-0.2, 0) is 4.74 Å². The number of nitro benzene ring substituents is 1. The molecule has 2 aromatic rings. The molecule has 1 saturated carbocycles. The summed E-state index contributed by atoms with van der Waals surface area (Å²) in [5.74, 6) is -0.435. The molecular weight excluding hydrogens is 380 g/mol. The van der Waals surface area contributed by atoms with Gasteiger partial charge in [-0.2, -0.15) is 0 Å². The number of hydrogen-bond acceptors (Lipinski definition) is 4. The number of hydrogen-bond donors (Lipinski definition) is 1. The second kappa shape index (κ2) is 9.39. The molecule has 0 spiro atoms. The van der Waals surface area contributed by atoms with Crippen LogP contribution in [0.5, 0.6) is 0 Å². The molecule has 0 bridgehead atoms. The molecule has 30 heavy (non-hydrogen) atoms. The average Bonchev–Trinajstić information content (AvgIpc) is 2.72. The van der Waals surface area contributed by atoms with E-state index in [0.717, 1.165) is 43.4 Å². The lowest BCUT2D eigenvalue weighted by atomic mass is 9.68. The van der Waals surface area contributed by atoms with Gasteiger partial charge in [0.25, 0.3) is 5.69 Å². The number of nitrogens with one attached hydrogen (secondary N) is 1. The molecule has 0 radical (unpaired) electrons. The van der Waals surface area contributed by atoms with Crippen molar-refractivity contribution in [1.29, 1.82) is 0 Å². The van der Waals surface area contributed by atoms with Gasteiger partial charge in [0.05, 0.1) is 36.5 Å². The van der Waals surface area contributed by atoms with Crippen molar-refractivity contribution in [3.8, 4) is 0 Å². The Hall–Kier alpha value is -2.73. The normalized spacial score (nSPS) is 16.8. The summed E-state index contributed by atoms with van der Waals surface area (Å²) in [6, 6.07) is 13.8. The van der Waals surface area contributed by atoms with Gasteiger partial charge in [0, 0.05) is 12.1 Å². The maximum atomic E-state index is 13.1. The molecule has 0 heterocycles. The third-order valence-electron chi connectivity index (χ3n) is 5.99. The van der Waals surface area contributed by atoms with Gasteiger partial charge < -0.3 is 9.64 Å². The van der Waals surface area contributed by atoms with E-state index >= 15 is 0 Å². The molecular formula is C24H31N2O4+. The molecule has 1 fully saturated rings. The van der Waals surface area contributed by atoms with Crippen molar-refractivity contribution in [1.82, 2.24) is 0 Å². The molecule has 0 aromatic heterocycles. The summed E-state index contributed by atoms with van der Waals surface area (Å²) < 4.78 is 6.20. The SMILES string of the molecule is Cc1cccc(C(OC(=O)c2ccc([N+](=O)[O-])cc2)C2(C[NH+](C)C)CCCCC2)c1. The number of ether oxygens (including phenoxy) is 1. The van der Waals surface area contributed by atoms with Crippen LogP contribution in [0.25, 0.3) is 0 Å². The number of carbonyl (C=O) groups excluding carboxylic acids is 1. The van der Waals surface area contributed by atoms with Crippen LogP contribution in [0.4, 0.5) is 5.69 Å². The van der Waals surface area contributed by atoms with Crippen LogP contribution in [0.1, 0.15) is 59.7 Å². The summed E-state index contributed by atoms with van der Waals surface area (Å²) in [5, 5.41) is 10.9. The highest BCUT2D eigenvalue weighted by molar-refractivity contribution is 5.89. The fourth-order valence-corrected chi connectivity index (χ4v) is 4.77. The number of nitro groups is 1. The number of nitrogens with zero attached hydrogens (tertiary/aromatic N) is 1. The van der Waals surface area contributed by atoms with Gasteiger partial charge in [0.15, 0.2) is 0 Å². The molecule has 2 aromatic carbocycles. The summed E-state index contributed by atoms with van der Waals surface area (Å²) >= 11 is 0. The van der Waals surface area contributed by atoms with Crippen molar-refractivity contribution in [3.05, 3.63) is 75.3 Å². The Labute approximate surface area is 178 Å². The van der Waals surface area contributed by atoms with Crippen molar-refractivity contribution >= 4 is 11.7 Å². The lowest BCUT2D eigenvalue weighted by Gasteiger charge is -2.43. The van der Waals surface area contributed by atoms with Gasteiger partial charge in [-0.3, -0.25) is 10.1 Å². The molecule has 1 aliphatic carbocycles. The zero-order valence-corrected chi connectivity index (χ0v) is 18.0. The Morgan fingerprint density at radius 1 is 1.13 bits per heavy atom. The molecule has 6 heteroatoms. The van der Waals surface area contributed by atoms with Gasteiger partial charge in [0.2, 0.25) is 0 Å². The molecule has 3 rings (SSSR count). The number of aryl methyl sites for hydroxylation is 1. The Kier molecular flexibility index (Phi) is 6.87. The van der Waals surface area contributed by atoms with E-state index in [-0.39, 0.29) is 17.2 Å². The highest BCUT2D eigenvalue weighted by Gasteiger charge is 2.45. The van der Waals surface area contributed by atoms with E-state index in [2.05, 4.69) is 20.2 Å². The number of carbonyl (C=O) groups is 1. The second-order valence-corrected chi connectivity index (χ2v) is 8.81. The first-order valence-electron chi connectivity index (χ1n) is 10.6. The van der Waals surface area contributed by atoms with Crippen LogP contribution in [0, 0.1) is 22.5 Å². The first-order chi connectivity index (χ1) is 14.3. The minimum Gasteiger partial charge on any atom is -0.453 e. The van der Waals surface area contributed by atoms with Gasteiger partial charge >= 0.3 is 5.97 Å². The van der Waals surface area contributed by atoms with Crippen molar-refractivity contribution in [2.75, 3.05) is 20.6 Å². The number of non-ortho nitro benzene ring substituents is 1. The summed E-state index contributed by atoms with van der Waals surface area (Å²) in [7, 11) is 4.28. The second-order valence-electron chi connectivity index (χ2n) is 8.81. The number of esters is 1. The summed E-state index contributed by atoms with van der Waals surface area (Å²) in [6.45, 7) is 2.96.